The molecule has 6 heteroatoms. The Morgan fingerprint density at radius 2 is 2.29 bits per heavy atom. The Bertz CT molecular complexity index is 639. The summed E-state index contributed by atoms with van der Waals surface area (Å²) in [7, 11) is 0. The number of aliphatic hydroxyl groups is 1. The van der Waals surface area contributed by atoms with Crippen molar-refractivity contribution in [1.29, 1.82) is 0 Å². The summed E-state index contributed by atoms with van der Waals surface area (Å²) in [5, 5.41) is 14.7. The van der Waals surface area contributed by atoms with Gasteiger partial charge in [-0.25, -0.2) is 0 Å². The lowest BCUT2D eigenvalue weighted by Crippen LogP contribution is -2.31. The van der Waals surface area contributed by atoms with E-state index in [0.29, 0.717) is 31.0 Å². The summed E-state index contributed by atoms with van der Waals surface area (Å²) in [4.78, 5) is 13.9. The maximum Gasteiger partial charge on any atom is 0.228 e. The molecule has 6 nitrogen and oxygen atoms in total. The summed E-state index contributed by atoms with van der Waals surface area (Å²) < 4.78 is 10.6. The standard InChI is InChI=1S/C15H18N2O4/c1-2-20-14-9-17(8-12(14)18)15(19)7-11-10-5-3-4-6-13(10)21-16-11/h3-6,12,14,18H,2,7-9H2,1H3/t12-,14-/m1/s1. The second-order valence-corrected chi connectivity index (χ2v) is 5.16. The highest BCUT2D eigenvalue weighted by atomic mass is 16.5. The largest absolute Gasteiger partial charge is 0.388 e. The van der Waals surface area contributed by atoms with Crippen molar-refractivity contribution in [2.24, 2.45) is 0 Å². The third-order valence-corrected chi connectivity index (χ3v) is 3.74. The Morgan fingerprint density at radius 1 is 1.48 bits per heavy atom. The number of para-hydroxylation sites is 1. The molecule has 2 atom stereocenters. The molecule has 1 N–H and O–H groups in total. The molecule has 2 aromatic rings. The van der Waals surface area contributed by atoms with Gasteiger partial charge in [-0.05, 0) is 19.1 Å². The van der Waals surface area contributed by atoms with Gasteiger partial charge in [-0.3, -0.25) is 4.79 Å². The van der Waals surface area contributed by atoms with Gasteiger partial charge in [0.15, 0.2) is 5.58 Å². The van der Waals surface area contributed by atoms with Crippen molar-refractivity contribution in [3.05, 3.63) is 30.0 Å². The molecular weight excluding hydrogens is 272 g/mol. The zero-order chi connectivity index (χ0) is 14.8. The van der Waals surface area contributed by atoms with Gasteiger partial charge in [-0.2, -0.15) is 0 Å². The average molecular weight is 290 g/mol. The molecule has 0 unspecified atom stereocenters. The highest BCUT2D eigenvalue weighted by Gasteiger charge is 2.34. The number of aliphatic hydroxyl groups excluding tert-OH is 1. The predicted molar refractivity (Wildman–Crippen MR) is 75.7 cm³/mol. The van der Waals surface area contributed by atoms with E-state index in [2.05, 4.69) is 5.16 Å². The number of hydrogen-bond acceptors (Lipinski definition) is 5. The van der Waals surface area contributed by atoms with Crippen LogP contribution >= 0.6 is 0 Å². The zero-order valence-corrected chi connectivity index (χ0v) is 11.9. The van der Waals surface area contributed by atoms with E-state index in [0.717, 1.165) is 5.39 Å². The number of β-amino-alcohol motifs (C(OH)–C–C–N with tert-alkyl or cyclic N) is 1. The number of carbonyl (C=O) groups excluding carboxylic acids is 1. The van der Waals surface area contributed by atoms with Gasteiger partial charge in [0.05, 0.1) is 12.5 Å². The lowest BCUT2D eigenvalue weighted by atomic mass is 10.1. The Balaban J connectivity index is 1.69. The zero-order valence-electron chi connectivity index (χ0n) is 11.9. The van der Waals surface area contributed by atoms with Crippen molar-refractivity contribution < 1.29 is 19.2 Å². The molecule has 1 saturated heterocycles. The van der Waals surface area contributed by atoms with Crippen LogP contribution < -0.4 is 0 Å². The van der Waals surface area contributed by atoms with Crippen LogP contribution in [-0.4, -0.2) is 53.0 Å². The molecule has 2 heterocycles. The molecule has 0 spiro atoms. The average Bonchev–Trinajstić information content (AvgIpc) is 3.05. The van der Waals surface area contributed by atoms with Gasteiger partial charge in [0, 0.05) is 25.1 Å². The lowest BCUT2D eigenvalue weighted by Gasteiger charge is -2.15. The number of nitrogens with zero attached hydrogens (tertiary/aromatic N) is 2. The van der Waals surface area contributed by atoms with Crippen molar-refractivity contribution in [3.8, 4) is 0 Å². The first kappa shape index (κ1) is 14.0. The maximum absolute atomic E-state index is 12.3. The first-order valence-corrected chi connectivity index (χ1v) is 7.09. The summed E-state index contributed by atoms with van der Waals surface area (Å²) in [6.45, 7) is 3.12. The number of fused-ring (bicyclic) bond motifs is 1. The van der Waals surface area contributed by atoms with Crippen molar-refractivity contribution >= 4 is 16.9 Å². The summed E-state index contributed by atoms with van der Waals surface area (Å²) in [6.07, 6.45) is -0.751. The molecule has 21 heavy (non-hydrogen) atoms. The van der Waals surface area contributed by atoms with E-state index >= 15 is 0 Å². The third kappa shape index (κ3) is 2.77. The topological polar surface area (TPSA) is 75.8 Å². The molecule has 1 aromatic heterocycles. The van der Waals surface area contributed by atoms with Crippen LogP contribution in [0, 0.1) is 0 Å². The summed E-state index contributed by atoms with van der Waals surface area (Å²) in [5.41, 5.74) is 1.30. The molecule has 1 fully saturated rings. The predicted octanol–water partition coefficient (Wildman–Crippen LogP) is 0.978. The lowest BCUT2D eigenvalue weighted by molar-refractivity contribution is -0.130. The molecule has 3 rings (SSSR count). The van der Waals surface area contributed by atoms with Crippen LogP contribution in [0.5, 0.6) is 0 Å². The summed E-state index contributed by atoms with van der Waals surface area (Å²) in [5.74, 6) is -0.0738. The van der Waals surface area contributed by atoms with Crippen molar-refractivity contribution in [2.45, 2.75) is 25.6 Å². The van der Waals surface area contributed by atoms with Gasteiger partial charge in [-0.1, -0.05) is 17.3 Å². The van der Waals surface area contributed by atoms with Gasteiger partial charge in [0.2, 0.25) is 5.91 Å². The smallest absolute Gasteiger partial charge is 0.228 e. The van der Waals surface area contributed by atoms with Crippen molar-refractivity contribution in [1.82, 2.24) is 10.1 Å². The van der Waals surface area contributed by atoms with Crippen LogP contribution in [0.3, 0.4) is 0 Å². The van der Waals surface area contributed by atoms with Crippen LogP contribution in [0.15, 0.2) is 28.8 Å². The Hall–Kier alpha value is -1.92. The third-order valence-electron chi connectivity index (χ3n) is 3.74. The van der Waals surface area contributed by atoms with E-state index in [-0.39, 0.29) is 18.4 Å². The normalized spacial score (nSPS) is 22.1. The molecular formula is C15H18N2O4. The van der Waals surface area contributed by atoms with Gasteiger partial charge >= 0.3 is 0 Å². The van der Waals surface area contributed by atoms with Crippen LogP contribution in [0.25, 0.3) is 11.0 Å². The van der Waals surface area contributed by atoms with Crippen LogP contribution in [0.4, 0.5) is 0 Å². The fourth-order valence-corrected chi connectivity index (χ4v) is 2.66. The molecule has 0 aliphatic carbocycles. The highest BCUT2D eigenvalue weighted by Crippen LogP contribution is 2.20. The Kier molecular flexibility index (Phi) is 3.90. The van der Waals surface area contributed by atoms with E-state index in [1.54, 1.807) is 4.90 Å². The minimum absolute atomic E-state index is 0.0738. The Morgan fingerprint density at radius 3 is 3.10 bits per heavy atom. The monoisotopic (exact) mass is 290 g/mol. The second-order valence-electron chi connectivity index (χ2n) is 5.16. The molecule has 112 valence electrons. The number of carbonyl (C=O) groups is 1. The van der Waals surface area contributed by atoms with Gasteiger partial charge in [-0.15, -0.1) is 0 Å². The number of ether oxygens (including phenoxy) is 1. The number of benzene rings is 1. The SMILES string of the molecule is CCO[C@@H]1CN(C(=O)Cc2noc3ccccc23)C[C@H]1O. The fourth-order valence-electron chi connectivity index (χ4n) is 2.66. The number of rotatable bonds is 4. The van der Waals surface area contributed by atoms with Crippen LogP contribution in [-0.2, 0) is 16.0 Å². The molecule has 1 aromatic carbocycles. The second kappa shape index (κ2) is 5.83. The van der Waals surface area contributed by atoms with E-state index in [1.807, 2.05) is 31.2 Å². The summed E-state index contributed by atoms with van der Waals surface area (Å²) >= 11 is 0. The Labute approximate surface area is 122 Å². The van der Waals surface area contributed by atoms with E-state index in [9.17, 15) is 9.90 Å². The molecule has 1 aliphatic rings. The molecule has 0 saturated carbocycles. The van der Waals surface area contributed by atoms with E-state index < -0.39 is 6.10 Å². The van der Waals surface area contributed by atoms with Crippen molar-refractivity contribution in [2.75, 3.05) is 19.7 Å². The summed E-state index contributed by atoms with van der Waals surface area (Å²) in [6, 6.07) is 7.46. The van der Waals surface area contributed by atoms with Crippen LogP contribution in [0.2, 0.25) is 0 Å². The molecule has 0 bridgehead atoms. The van der Waals surface area contributed by atoms with Gasteiger partial charge in [0.1, 0.15) is 11.8 Å². The maximum atomic E-state index is 12.3. The highest BCUT2D eigenvalue weighted by molar-refractivity contribution is 5.86. The minimum atomic E-state index is -0.622. The number of amides is 1. The van der Waals surface area contributed by atoms with Crippen LogP contribution in [0.1, 0.15) is 12.6 Å². The molecule has 0 radical (unpaired) electrons. The number of likely N-dealkylation sites (tertiary alicyclic amines) is 1. The minimum Gasteiger partial charge on any atom is -0.388 e. The van der Waals surface area contributed by atoms with Gasteiger partial charge in [0.25, 0.3) is 0 Å². The van der Waals surface area contributed by atoms with E-state index in [4.69, 9.17) is 9.26 Å². The molecule has 1 aliphatic heterocycles. The quantitative estimate of drug-likeness (QED) is 0.908. The van der Waals surface area contributed by atoms with Gasteiger partial charge < -0.3 is 19.3 Å². The fraction of sp³-hybridized carbons (Fsp3) is 0.467. The number of hydrogen-bond donors (Lipinski definition) is 1. The molecule has 1 amide bonds. The number of aromatic nitrogens is 1. The van der Waals surface area contributed by atoms with E-state index in [1.165, 1.54) is 0 Å². The van der Waals surface area contributed by atoms with Crippen molar-refractivity contribution in [3.63, 3.8) is 0 Å². The first-order chi connectivity index (χ1) is 10.2. The first-order valence-electron chi connectivity index (χ1n) is 7.09.